The molecule has 2 bridgehead atoms. The van der Waals surface area contributed by atoms with Crippen LogP contribution in [0.15, 0.2) is 11.6 Å². The molecule has 3 aliphatic rings. The quantitative estimate of drug-likeness (QED) is 0.660. The van der Waals surface area contributed by atoms with Gasteiger partial charge in [0, 0.05) is 11.8 Å². The van der Waals surface area contributed by atoms with E-state index in [1.807, 2.05) is 13.8 Å². The van der Waals surface area contributed by atoms with E-state index in [0.29, 0.717) is 6.42 Å². The van der Waals surface area contributed by atoms with Gasteiger partial charge in [-0.15, -0.1) is 0 Å². The average Bonchev–Trinajstić information content (AvgIpc) is 2.50. The van der Waals surface area contributed by atoms with Gasteiger partial charge >= 0.3 is 0 Å². The van der Waals surface area contributed by atoms with Gasteiger partial charge in [-0.3, -0.25) is 9.59 Å². The Morgan fingerprint density at radius 2 is 1.94 bits per heavy atom. The second-order valence-electron chi connectivity index (χ2n) is 6.96. The molecule has 0 N–H and O–H groups in total. The van der Waals surface area contributed by atoms with Crippen LogP contribution >= 0.6 is 0 Å². The zero-order valence-electron chi connectivity index (χ0n) is 11.4. The molecular weight excluding hydrogens is 228 g/mol. The first-order valence-corrected chi connectivity index (χ1v) is 6.67. The smallest absolute Gasteiger partial charge is 0.165 e. The molecule has 0 radical (unpaired) electrons. The first-order valence-electron chi connectivity index (χ1n) is 6.67. The summed E-state index contributed by atoms with van der Waals surface area (Å²) in [5, 5.41) is 0. The zero-order chi connectivity index (χ0) is 13.3. The number of ketones is 2. The summed E-state index contributed by atoms with van der Waals surface area (Å²) in [4.78, 5) is 24.5. The second kappa shape index (κ2) is 3.32. The molecule has 2 fully saturated rings. The fourth-order valence-corrected chi connectivity index (χ4v) is 4.23. The standard InChI is InChI=1S/C15H20O3/c1-8-5-9-12(10(16)6-8)15(4)7-11(17)13(18-15)14(9,2)3/h6,9,12-13H,5,7H2,1-4H3/t9-,12+,13+,15-/m0/s1. The first-order chi connectivity index (χ1) is 8.25. The molecular formula is C15H20O3. The van der Waals surface area contributed by atoms with Crippen LogP contribution in [0.25, 0.3) is 0 Å². The van der Waals surface area contributed by atoms with Gasteiger partial charge in [0.2, 0.25) is 0 Å². The highest BCUT2D eigenvalue weighted by molar-refractivity contribution is 5.97. The summed E-state index contributed by atoms with van der Waals surface area (Å²) in [6, 6.07) is 0. The molecule has 0 aromatic rings. The third-order valence-corrected chi connectivity index (χ3v) is 5.13. The molecule has 2 aliphatic heterocycles. The molecule has 3 nitrogen and oxygen atoms in total. The number of hydrogen-bond acceptors (Lipinski definition) is 3. The van der Waals surface area contributed by atoms with Gasteiger partial charge in [-0.1, -0.05) is 19.4 Å². The van der Waals surface area contributed by atoms with Crippen LogP contribution in [0.5, 0.6) is 0 Å². The molecule has 0 aromatic carbocycles. The molecule has 0 spiro atoms. The van der Waals surface area contributed by atoms with Gasteiger partial charge in [0.15, 0.2) is 11.6 Å². The Balaban J connectivity index is 2.14. The Kier molecular flexibility index (Phi) is 2.23. The number of hydrogen-bond donors (Lipinski definition) is 0. The van der Waals surface area contributed by atoms with Gasteiger partial charge in [-0.2, -0.15) is 0 Å². The predicted molar refractivity (Wildman–Crippen MR) is 67.0 cm³/mol. The van der Waals surface area contributed by atoms with Crippen molar-refractivity contribution in [2.45, 2.75) is 52.2 Å². The van der Waals surface area contributed by atoms with E-state index in [4.69, 9.17) is 4.74 Å². The number of carbonyl (C=O) groups is 2. The topological polar surface area (TPSA) is 43.4 Å². The molecule has 98 valence electrons. The van der Waals surface area contributed by atoms with Crippen molar-refractivity contribution in [3.05, 3.63) is 11.6 Å². The summed E-state index contributed by atoms with van der Waals surface area (Å²) in [7, 11) is 0. The highest BCUT2D eigenvalue weighted by Crippen LogP contribution is 2.57. The highest BCUT2D eigenvalue weighted by atomic mass is 16.5. The van der Waals surface area contributed by atoms with E-state index >= 15 is 0 Å². The van der Waals surface area contributed by atoms with Gasteiger partial charge in [-0.25, -0.2) is 0 Å². The monoisotopic (exact) mass is 248 g/mol. The third kappa shape index (κ3) is 1.34. The van der Waals surface area contributed by atoms with Gasteiger partial charge in [0.1, 0.15) is 6.10 Å². The fourth-order valence-electron chi connectivity index (χ4n) is 4.23. The van der Waals surface area contributed by atoms with Gasteiger partial charge in [0.05, 0.1) is 11.5 Å². The van der Waals surface area contributed by atoms with E-state index in [2.05, 4.69) is 13.8 Å². The summed E-state index contributed by atoms with van der Waals surface area (Å²) in [6.45, 7) is 8.09. The normalized spacial score (nSPS) is 45.8. The first kappa shape index (κ1) is 12.1. The van der Waals surface area contributed by atoms with Crippen molar-refractivity contribution in [1.29, 1.82) is 0 Å². The van der Waals surface area contributed by atoms with Crippen molar-refractivity contribution in [3.8, 4) is 0 Å². The summed E-state index contributed by atoms with van der Waals surface area (Å²) >= 11 is 0. The number of fused-ring (bicyclic) bond motifs is 4. The maximum Gasteiger partial charge on any atom is 0.165 e. The lowest BCUT2D eigenvalue weighted by atomic mass is 9.59. The summed E-state index contributed by atoms with van der Waals surface area (Å²) < 4.78 is 5.99. The van der Waals surface area contributed by atoms with Crippen LogP contribution in [0.4, 0.5) is 0 Å². The van der Waals surface area contributed by atoms with E-state index in [9.17, 15) is 9.59 Å². The predicted octanol–water partition coefficient (Wildman–Crippen LogP) is 2.29. The molecule has 3 heteroatoms. The minimum Gasteiger partial charge on any atom is -0.362 e. The highest BCUT2D eigenvalue weighted by Gasteiger charge is 2.64. The van der Waals surface area contributed by atoms with Crippen LogP contribution in [0, 0.1) is 17.3 Å². The van der Waals surface area contributed by atoms with E-state index in [1.165, 1.54) is 0 Å². The van der Waals surface area contributed by atoms with Crippen molar-refractivity contribution in [2.24, 2.45) is 17.3 Å². The van der Waals surface area contributed by atoms with Crippen LogP contribution in [0.3, 0.4) is 0 Å². The molecule has 2 heterocycles. The Morgan fingerprint density at radius 1 is 1.28 bits per heavy atom. The third-order valence-electron chi connectivity index (χ3n) is 5.13. The zero-order valence-corrected chi connectivity index (χ0v) is 11.4. The Labute approximate surface area is 108 Å². The fraction of sp³-hybridized carbons (Fsp3) is 0.733. The molecule has 0 amide bonds. The number of Topliss-reactive ketones (excluding diaryl/α,β-unsaturated/α-hetero) is 1. The Hall–Kier alpha value is -0.960. The molecule has 0 aromatic heterocycles. The number of ether oxygens (including phenoxy) is 1. The van der Waals surface area contributed by atoms with Crippen molar-refractivity contribution in [1.82, 2.24) is 0 Å². The molecule has 0 saturated carbocycles. The summed E-state index contributed by atoms with van der Waals surface area (Å²) in [5.41, 5.74) is 0.311. The number of rotatable bonds is 0. The minimum atomic E-state index is -0.573. The summed E-state index contributed by atoms with van der Waals surface area (Å²) in [5.74, 6) is 0.388. The van der Waals surface area contributed by atoms with Crippen LogP contribution in [0.2, 0.25) is 0 Å². The Bertz CT molecular complexity index is 474. The van der Waals surface area contributed by atoms with Crippen molar-refractivity contribution < 1.29 is 14.3 Å². The summed E-state index contributed by atoms with van der Waals surface area (Å²) in [6.07, 6.45) is 2.71. The molecule has 0 unspecified atom stereocenters. The maximum absolute atomic E-state index is 12.4. The van der Waals surface area contributed by atoms with Crippen LogP contribution in [-0.4, -0.2) is 23.3 Å². The number of carbonyl (C=O) groups excluding carboxylic acids is 2. The maximum atomic E-state index is 12.4. The van der Waals surface area contributed by atoms with E-state index < -0.39 is 5.60 Å². The lowest BCUT2D eigenvalue weighted by Crippen LogP contribution is -2.57. The molecule has 18 heavy (non-hydrogen) atoms. The Morgan fingerprint density at radius 3 is 2.61 bits per heavy atom. The van der Waals surface area contributed by atoms with Crippen LogP contribution < -0.4 is 0 Å². The van der Waals surface area contributed by atoms with Gasteiger partial charge < -0.3 is 4.74 Å². The van der Waals surface area contributed by atoms with Gasteiger partial charge in [0.25, 0.3) is 0 Å². The van der Waals surface area contributed by atoms with E-state index in [0.717, 1.165) is 12.0 Å². The van der Waals surface area contributed by atoms with Crippen molar-refractivity contribution >= 4 is 11.6 Å². The molecule has 2 saturated heterocycles. The van der Waals surface area contributed by atoms with Gasteiger partial charge in [-0.05, 0) is 32.3 Å². The molecule has 3 rings (SSSR count). The van der Waals surface area contributed by atoms with Crippen molar-refractivity contribution in [3.63, 3.8) is 0 Å². The number of allylic oxidation sites excluding steroid dienone is 2. The van der Waals surface area contributed by atoms with Crippen LogP contribution in [-0.2, 0) is 14.3 Å². The minimum absolute atomic E-state index is 0.146. The lowest BCUT2D eigenvalue weighted by Gasteiger charge is -2.52. The second-order valence-corrected chi connectivity index (χ2v) is 6.96. The lowest BCUT2D eigenvalue weighted by molar-refractivity contribution is -0.193. The largest absolute Gasteiger partial charge is 0.362 e. The molecule has 4 atom stereocenters. The van der Waals surface area contributed by atoms with Crippen molar-refractivity contribution in [2.75, 3.05) is 0 Å². The SMILES string of the molecule is CC1=CC(=O)[C@H]2[C@H](C1)C(C)(C)[C@@H]1O[C@@]2(C)CC1=O. The van der Waals surface area contributed by atoms with E-state index in [-0.39, 0.29) is 34.9 Å². The van der Waals surface area contributed by atoms with Crippen LogP contribution in [0.1, 0.15) is 40.5 Å². The average molecular weight is 248 g/mol. The molecule has 1 aliphatic carbocycles. The van der Waals surface area contributed by atoms with E-state index in [1.54, 1.807) is 6.08 Å².